The molecule has 0 aliphatic heterocycles. The number of ether oxygens (including phenoxy) is 1. The summed E-state index contributed by atoms with van der Waals surface area (Å²) in [5, 5.41) is 0. The molecule has 0 saturated heterocycles. The fourth-order valence-corrected chi connectivity index (χ4v) is 2.80. The van der Waals surface area contributed by atoms with Crippen molar-refractivity contribution in [1.82, 2.24) is 0 Å². The number of benzene rings is 3. The van der Waals surface area contributed by atoms with Gasteiger partial charge in [0.1, 0.15) is 22.8 Å². The van der Waals surface area contributed by atoms with Crippen molar-refractivity contribution in [2.24, 2.45) is 0 Å². The van der Waals surface area contributed by atoms with E-state index in [4.69, 9.17) is 4.74 Å². The molecule has 0 heterocycles. The maximum Gasteiger partial charge on any atom is 0.141 e. The molecule has 0 radical (unpaired) electrons. The zero-order valence-corrected chi connectivity index (χ0v) is 14.9. The molecule has 0 bridgehead atoms. The molecular formula is C20H19INO+. The van der Waals surface area contributed by atoms with Crippen LogP contribution in [0.3, 0.4) is 0 Å². The molecule has 1 N–H and O–H groups in total. The number of quaternary nitrogens is 1. The lowest BCUT2D eigenvalue weighted by Gasteiger charge is -2.18. The van der Waals surface area contributed by atoms with E-state index >= 15 is 0 Å². The molecule has 0 aromatic heterocycles. The third-order valence-corrected chi connectivity index (χ3v) is 4.05. The molecule has 3 heteroatoms. The van der Waals surface area contributed by atoms with Crippen LogP contribution in [-0.2, 0) is 0 Å². The van der Waals surface area contributed by atoms with E-state index in [0.29, 0.717) is 0 Å². The summed E-state index contributed by atoms with van der Waals surface area (Å²) in [5.41, 5.74) is 3.64. The number of hydrogen-bond donors (Lipinski definition) is 1. The van der Waals surface area contributed by atoms with Crippen LogP contribution in [0, 0.1) is 0 Å². The minimum absolute atomic E-state index is 0.744. The summed E-state index contributed by atoms with van der Waals surface area (Å²) in [7, 11) is 0. The number of alkyl halides is 1. The fraction of sp³-hybridized carbons (Fsp3) is 0.100. The van der Waals surface area contributed by atoms with Crippen molar-refractivity contribution in [3.63, 3.8) is 0 Å². The zero-order chi connectivity index (χ0) is 15.9. The standard InChI is InChI=1S/C20H18INO/c21-15-16-23-20-13-11-19(12-14-20)22(17-7-3-1-4-8-17)18-9-5-2-6-10-18/h1-14H,15-16H2/p+1. The van der Waals surface area contributed by atoms with Crippen LogP contribution in [0.15, 0.2) is 84.9 Å². The Morgan fingerprint density at radius 1 is 0.652 bits per heavy atom. The number of hydrogen-bond acceptors (Lipinski definition) is 1. The maximum atomic E-state index is 5.68. The first-order valence-electron chi connectivity index (χ1n) is 7.65. The van der Waals surface area contributed by atoms with Crippen molar-refractivity contribution in [2.75, 3.05) is 11.0 Å². The highest BCUT2D eigenvalue weighted by molar-refractivity contribution is 14.1. The molecule has 3 aromatic carbocycles. The molecule has 0 atom stereocenters. The van der Waals surface area contributed by atoms with E-state index in [1.165, 1.54) is 22.0 Å². The monoisotopic (exact) mass is 416 g/mol. The van der Waals surface area contributed by atoms with E-state index in [2.05, 4.69) is 83.3 Å². The SMILES string of the molecule is ICCOc1ccc([NH+](c2ccccc2)c2ccccc2)cc1. The molecular weight excluding hydrogens is 397 g/mol. The molecule has 2 nitrogen and oxygen atoms in total. The van der Waals surface area contributed by atoms with Crippen LogP contribution in [0.1, 0.15) is 0 Å². The Labute approximate surface area is 150 Å². The number of nitrogens with one attached hydrogen (secondary N) is 1. The Kier molecular flexibility index (Phi) is 5.66. The number of rotatable bonds is 6. The van der Waals surface area contributed by atoms with Crippen LogP contribution in [0.2, 0.25) is 0 Å². The van der Waals surface area contributed by atoms with Crippen LogP contribution in [0.5, 0.6) is 5.75 Å². The summed E-state index contributed by atoms with van der Waals surface area (Å²) in [6.07, 6.45) is 0. The van der Waals surface area contributed by atoms with Gasteiger partial charge in [0, 0.05) is 16.6 Å². The molecule has 0 fully saturated rings. The van der Waals surface area contributed by atoms with Gasteiger partial charge in [-0.15, -0.1) is 0 Å². The smallest absolute Gasteiger partial charge is 0.141 e. The number of para-hydroxylation sites is 2. The van der Waals surface area contributed by atoms with E-state index < -0.39 is 0 Å². The molecule has 0 amide bonds. The molecule has 0 spiro atoms. The molecule has 23 heavy (non-hydrogen) atoms. The van der Waals surface area contributed by atoms with Gasteiger partial charge in [-0.3, -0.25) is 0 Å². The van der Waals surface area contributed by atoms with Gasteiger partial charge in [-0.1, -0.05) is 59.0 Å². The van der Waals surface area contributed by atoms with Gasteiger partial charge in [-0.2, -0.15) is 0 Å². The van der Waals surface area contributed by atoms with Gasteiger partial charge in [-0.25, -0.2) is 4.90 Å². The lowest BCUT2D eigenvalue weighted by molar-refractivity contribution is -0.681. The van der Waals surface area contributed by atoms with E-state index in [0.717, 1.165) is 16.8 Å². The Bertz CT molecular complexity index is 674. The summed E-state index contributed by atoms with van der Waals surface area (Å²) < 4.78 is 6.68. The Morgan fingerprint density at radius 3 is 1.61 bits per heavy atom. The molecule has 116 valence electrons. The van der Waals surface area contributed by atoms with E-state index in [-0.39, 0.29) is 0 Å². The van der Waals surface area contributed by atoms with Crippen molar-refractivity contribution in [3.8, 4) is 5.75 Å². The van der Waals surface area contributed by atoms with Crippen LogP contribution < -0.4 is 9.64 Å². The van der Waals surface area contributed by atoms with Gasteiger partial charge in [0.15, 0.2) is 0 Å². The predicted molar refractivity (Wildman–Crippen MR) is 104 cm³/mol. The normalized spacial score (nSPS) is 10.7. The molecule has 0 aliphatic carbocycles. The zero-order valence-electron chi connectivity index (χ0n) is 12.8. The highest BCUT2D eigenvalue weighted by Gasteiger charge is 2.18. The minimum Gasteiger partial charge on any atom is -0.493 e. The van der Waals surface area contributed by atoms with Crippen LogP contribution in [-0.4, -0.2) is 11.0 Å². The lowest BCUT2D eigenvalue weighted by atomic mass is 10.2. The summed E-state index contributed by atoms with van der Waals surface area (Å²) >= 11 is 2.32. The van der Waals surface area contributed by atoms with Crippen LogP contribution in [0.4, 0.5) is 17.1 Å². The van der Waals surface area contributed by atoms with Crippen LogP contribution >= 0.6 is 22.6 Å². The first-order chi connectivity index (χ1) is 11.4. The third-order valence-electron chi connectivity index (χ3n) is 3.61. The Hall–Kier alpha value is -1.85. The average Bonchev–Trinajstić information content (AvgIpc) is 2.63. The lowest BCUT2D eigenvalue weighted by Crippen LogP contribution is -2.96. The van der Waals surface area contributed by atoms with E-state index in [9.17, 15) is 0 Å². The topological polar surface area (TPSA) is 13.7 Å². The second-order valence-corrected chi connectivity index (χ2v) is 6.25. The Balaban J connectivity index is 1.96. The highest BCUT2D eigenvalue weighted by Crippen LogP contribution is 2.18. The van der Waals surface area contributed by atoms with Gasteiger partial charge in [-0.05, 0) is 36.4 Å². The third kappa shape index (κ3) is 4.12. The van der Waals surface area contributed by atoms with Gasteiger partial charge in [0.05, 0.1) is 6.61 Å². The largest absolute Gasteiger partial charge is 0.493 e. The molecule has 0 saturated carbocycles. The summed E-state index contributed by atoms with van der Waals surface area (Å²) in [6.45, 7) is 0.744. The molecule has 0 aliphatic rings. The van der Waals surface area contributed by atoms with E-state index in [1.54, 1.807) is 0 Å². The fourth-order valence-electron chi connectivity index (χ4n) is 2.58. The van der Waals surface area contributed by atoms with Gasteiger partial charge in [0.2, 0.25) is 0 Å². The van der Waals surface area contributed by atoms with Crippen molar-refractivity contribution >= 4 is 39.7 Å². The van der Waals surface area contributed by atoms with E-state index in [1.807, 2.05) is 24.3 Å². The average molecular weight is 416 g/mol. The summed E-state index contributed by atoms with van der Waals surface area (Å²) in [6, 6.07) is 29.4. The molecule has 0 unspecified atom stereocenters. The van der Waals surface area contributed by atoms with Gasteiger partial charge >= 0.3 is 0 Å². The van der Waals surface area contributed by atoms with Crippen molar-refractivity contribution in [2.45, 2.75) is 0 Å². The second kappa shape index (κ2) is 8.13. The summed E-state index contributed by atoms with van der Waals surface area (Å²) in [4.78, 5) is 1.24. The predicted octanol–water partition coefficient (Wildman–Crippen LogP) is 4.68. The molecule has 3 aromatic rings. The van der Waals surface area contributed by atoms with Gasteiger partial charge < -0.3 is 4.74 Å². The highest BCUT2D eigenvalue weighted by atomic mass is 127. The Morgan fingerprint density at radius 2 is 1.13 bits per heavy atom. The maximum absolute atomic E-state index is 5.68. The van der Waals surface area contributed by atoms with Crippen LogP contribution in [0.25, 0.3) is 0 Å². The summed E-state index contributed by atoms with van der Waals surface area (Å²) in [5.74, 6) is 0.922. The second-order valence-electron chi connectivity index (χ2n) is 5.17. The van der Waals surface area contributed by atoms with Crippen molar-refractivity contribution < 1.29 is 9.64 Å². The number of halogens is 1. The molecule has 3 rings (SSSR count). The first kappa shape index (κ1) is 16.0. The minimum atomic E-state index is 0.744. The van der Waals surface area contributed by atoms with Crippen molar-refractivity contribution in [1.29, 1.82) is 0 Å². The first-order valence-corrected chi connectivity index (χ1v) is 9.18. The quantitative estimate of drug-likeness (QED) is 0.455. The van der Waals surface area contributed by atoms with Gasteiger partial charge in [0.25, 0.3) is 0 Å². The van der Waals surface area contributed by atoms with Crippen molar-refractivity contribution in [3.05, 3.63) is 84.9 Å².